The number of hydrogen-bond acceptors (Lipinski definition) is 4. The van der Waals surface area contributed by atoms with E-state index in [4.69, 9.17) is 0 Å². The summed E-state index contributed by atoms with van der Waals surface area (Å²) in [6.07, 6.45) is 7.50. The fraction of sp³-hybridized carbons (Fsp3) is 0.455. The Hall–Kier alpha value is -1.78. The molecule has 2 aromatic heterocycles. The Labute approximate surface area is 94.5 Å². The van der Waals surface area contributed by atoms with Gasteiger partial charge in [-0.15, -0.1) is 5.10 Å². The number of aromatic nitrogens is 5. The monoisotopic (exact) mass is 217 g/mol. The second kappa shape index (κ2) is 4.83. The molecule has 0 unspecified atom stereocenters. The van der Waals surface area contributed by atoms with Crippen LogP contribution in [0.15, 0.2) is 18.6 Å². The van der Waals surface area contributed by atoms with Crippen molar-refractivity contribution in [1.29, 1.82) is 0 Å². The maximum Gasteiger partial charge on any atom is 0.125 e. The zero-order chi connectivity index (χ0) is 11.4. The predicted molar refractivity (Wildman–Crippen MR) is 59.9 cm³/mol. The summed E-state index contributed by atoms with van der Waals surface area (Å²) >= 11 is 0. The van der Waals surface area contributed by atoms with Crippen molar-refractivity contribution in [2.45, 2.75) is 33.2 Å². The first kappa shape index (κ1) is 10.7. The zero-order valence-electron chi connectivity index (χ0n) is 9.59. The third kappa shape index (κ3) is 2.62. The lowest BCUT2D eigenvalue weighted by Crippen LogP contribution is -1.95. The van der Waals surface area contributed by atoms with Crippen molar-refractivity contribution in [2.24, 2.45) is 0 Å². The van der Waals surface area contributed by atoms with Crippen LogP contribution in [0.2, 0.25) is 0 Å². The number of aryl methyl sites for hydroxylation is 4. The predicted octanol–water partition coefficient (Wildman–Crippen LogP) is 1.18. The van der Waals surface area contributed by atoms with Crippen molar-refractivity contribution in [3.05, 3.63) is 35.7 Å². The van der Waals surface area contributed by atoms with Crippen molar-refractivity contribution in [2.75, 3.05) is 0 Å². The largest absolute Gasteiger partial charge is 0.253 e. The molecule has 0 aliphatic carbocycles. The molecule has 5 nitrogen and oxygen atoms in total. The first-order valence-corrected chi connectivity index (χ1v) is 5.44. The fourth-order valence-electron chi connectivity index (χ4n) is 1.43. The summed E-state index contributed by atoms with van der Waals surface area (Å²) in [7, 11) is 0. The van der Waals surface area contributed by atoms with Crippen LogP contribution in [-0.4, -0.2) is 25.0 Å². The second-order valence-corrected chi connectivity index (χ2v) is 3.70. The van der Waals surface area contributed by atoms with Gasteiger partial charge in [-0.1, -0.05) is 5.21 Å². The number of rotatable bonds is 4. The Morgan fingerprint density at radius 3 is 2.56 bits per heavy atom. The lowest BCUT2D eigenvalue weighted by atomic mass is 10.1. The maximum absolute atomic E-state index is 4.16. The highest BCUT2D eigenvalue weighted by Gasteiger charge is 2.01. The Morgan fingerprint density at radius 2 is 1.94 bits per heavy atom. The van der Waals surface area contributed by atoms with Crippen LogP contribution in [0.5, 0.6) is 0 Å². The summed E-state index contributed by atoms with van der Waals surface area (Å²) in [5.74, 6) is 0.806. The molecule has 84 valence electrons. The topological polar surface area (TPSA) is 56.5 Å². The quantitative estimate of drug-likeness (QED) is 0.771. The van der Waals surface area contributed by atoms with Gasteiger partial charge in [-0.25, -0.2) is 9.97 Å². The molecule has 0 radical (unpaired) electrons. The third-order valence-corrected chi connectivity index (χ3v) is 2.41. The van der Waals surface area contributed by atoms with Crippen molar-refractivity contribution in [1.82, 2.24) is 25.0 Å². The Kier molecular flexibility index (Phi) is 3.24. The van der Waals surface area contributed by atoms with E-state index in [1.165, 1.54) is 0 Å². The molecule has 2 heterocycles. The minimum atomic E-state index is 0.806. The van der Waals surface area contributed by atoms with E-state index in [2.05, 4.69) is 20.3 Å². The highest BCUT2D eigenvalue weighted by molar-refractivity contribution is 5.07. The molecular weight excluding hydrogens is 202 g/mol. The Bertz CT molecular complexity index is 446. The van der Waals surface area contributed by atoms with E-state index >= 15 is 0 Å². The van der Waals surface area contributed by atoms with Gasteiger partial charge in [0.05, 0.1) is 5.69 Å². The van der Waals surface area contributed by atoms with Gasteiger partial charge in [0.25, 0.3) is 0 Å². The molecule has 2 aromatic rings. The summed E-state index contributed by atoms with van der Waals surface area (Å²) in [4.78, 5) is 8.32. The first-order chi connectivity index (χ1) is 7.78. The third-order valence-electron chi connectivity index (χ3n) is 2.41. The molecule has 0 aliphatic heterocycles. The number of nitrogens with zero attached hydrogens (tertiary/aromatic N) is 5. The summed E-state index contributed by atoms with van der Waals surface area (Å²) < 4.78 is 1.83. The normalized spacial score (nSPS) is 10.6. The second-order valence-electron chi connectivity index (χ2n) is 3.70. The summed E-state index contributed by atoms with van der Waals surface area (Å²) in [5, 5.41) is 8.09. The minimum absolute atomic E-state index is 0.806. The molecule has 0 fully saturated rings. The molecule has 5 heteroatoms. The minimum Gasteiger partial charge on any atom is -0.253 e. The van der Waals surface area contributed by atoms with Crippen molar-refractivity contribution < 1.29 is 0 Å². The lowest BCUT2D eigenvalue weighted by Gasteiger charge is -1.98. The van der Waals surface area contributed by atoms with E-state index in [1.807, 2.05) is 37.1 Å². The highest BCUT2D eigenvalue weighted by atomic mass is 15.4. The van der Waals surface area contributed by atoms with Gasteiger partial charge in [-0.2, -0.15) is 0 Å². The lowest BCUT2D eigenvalue weighted by molar-refractivity contribution is 0.626. The van der Waals surface area contributed by atoms with Crippen LogP contribution in [0.25, 0.3) is 0 Å². The van der Waals surface area contributed by atoms with Gasteiger partial charge in [0.2, 0.25) is 0 Å². The van der Waals surface area contributed by atoms with Crippen LogP contribution in [0.1, 0.15) is 24.0 Å². The Balaban J connectivity index is 1.94. The van der Waals surface area contributed by atoms with Gasteiger partial charge in [0.15, 0.2) is 0 Å². The van der Waals surface area contributed by atoms with Crippen molar-refractivity contribution in [3.63, 3.8) is 0 Å². The fourth-order valence-corrected chi connectivity index (χ4v) is 1.43. The van der Waals surface area contributed by atoms with Gasteiger partial charge < -0.3 is 0 Å². The SMILES string of the molecule is CCn1cc(CCc2cnc(C)nc2)nn1. The molecule has 16 heavy (non-hydrogen) atoms. The van der Waals surface area contributed by atoms with E-state index in [0.29, 0.717) is 0 Å². The van der Waals surface area contributed by atoms with Crippen LogP contribution in [0, 0.1) is 6.92 Å². The van der Waals surface area contributed by atoms with E-state index in [1.54, 1.807) is 0 Å². The van der Waals surface area contributed by atoms with Crippen LogP contribution < -0.4 is 0 Å². The van der Waals surface area contributed by atoms with E-state index in [-0.39, 0.29) is 0 Å². The molecular formula is C11H15N5. The molecule has 0 N–H and O–H groups in total. The molecule has 0 saturated heterocycles. The van der Waals surface area contributed by atoms with Crippen LogP contribution in [-0.2, 0) is 19.4 Å². The van der Waals surface area contributed by atoms with Gasteiger partial charge in [0, 0.05) is 25.1 Å². The molecule has 0 atom stereocenters. The van der Waals surface area contributed by atoms with Crippen LogP contribution in [0.3, 0.4) is 0 Å². The van der Waals surface area contributed by atoms with Crippen molar-refractivity contribution >= 4 is 0 Å². The average molecular weight is 217 g/mol. The standard InChI is InChI=1S/C11H15N5/c1-3-16-8-11(14-15-16)5-4-10-6-12-9(2)13-7-10/h6-8H,3-5H2,1-2H3. The van der Waals surface area contributed by atoms with Gasteiger partial charge in [-0.05, 0) is 32.3 Å². The molecule has 0 spiro atoms. The molecule has 0 aliphatic rings. The molecule has 0 aromatic carbocycles. The van der Waals surface area contributed by atoms with Gasteiger partial charge in [0.1, 0.15) is 5.82 Å². The number of hydrogen-bond donors (Lipinski definition) is 0. The smallest absolute Gasteiger partial charge is 0.125 e. The van der Waals surface area contributed by atoms with E-state index < -0.39 is 0 Å². The molecule has 0 amide bonds. The summed E-state index contributed by atoms with van der Waals surface area (Å²) in [6.45, 7) is 4.80. The highest BCUT2D eigenvalue weighted by Crippen LogP contribution is 2.03. The average Bonchev–Trinajstić information content (AvgIpc) is 2.76. The molecule has 0 bridgehead atoms. The van der Waals surface area contributed by atoms with Crippen LogP contribution >= 0.6 is 0 Å². The first-order valence-electron chi connectivity index (χ1n) is 5.44. The van der Waals surface area contributed by atoms with Gasteiger partial charge >= 0.3 is 0 Å². The maximum atomic E-state index is 4.16. The molecule has 0 saturated carbocycles. The Morgan fingerprint density at radius 1 is 1.19 bits per heavy atom. The summed E-state index contributed by atoms with van der Waals surface area (Å²) in [6, 6.07) is 0. The van der Waals surface area contributed by atoms with E-state index in [0.717, 1.165) is 36.5 Å². The van der Waals surface area contributed by atoms with Crippen LogP contribution in [0.4, 0.5) is 0 Å². The van der Waals surface area contributed by atoms with E-state index in [9.17, 15) is 0 Å². The summed E-state index contributed by atoms with van der Waals surface area (Å²) in [5.41, 5.74) is 2.15. The zero-order valence-corrected chi connectivity index (χ0v) is 9.59. The molecule has 2 rings (SSSR count). The van der Waals surface area contributed by atoms with Crippen molar-refractivity contribution in [3.8, 4) is 0 Å². The van der Waals surface area contributed by atoms with Gasteiger partial charge in [-0.3, -0.25) is 4.68 Å².